The Morgan fingerprint density at radius 1 is 1.33 bits per heavy atom. The summed E-state index contributed by atoms with van der Waals surface area (Å²) in [6.07, 6.45) is 5.19. The molecule has 0 radical (unpaired) electrons. The van der Waals surface area contributed by atoms with Crippen LogP contribution >= 0.6 is 0 Å². The molecule has 1 aliphatic carbocycles. The zero-order chi connectivity index (χ0) is 12.8. The first-order chi connectivity index (χ1) is 8.75. The highest BCUT2D eigenvalue weighted by Crippen LogP contribution is 2.28. The minimum atomic E-state index is -0.736. The maximum atomic E-state index is 10.7. The monoisotopic (exact) mass is 246 g/mol. The molecule has 18 heavy (non-hydrogen) atoms. The summed E-state index contributed by atoms with van der Waals surface area (Å²) in [4.78, 5) is 10.7. The predicted octanol–water partition coefficient (Wildman–Crippen LogP) is 2.87. The van der Waals surface area contributed by atoms with E-state index in [1.807, 2.05) is 36.4 Å². The van der Waals surface area contributed by atoms with Gasteiger partial charge in [0.1, 0.15) is 0 Å². The number of hydrogen-bond acceptors (Lipinski definition) is 2. The topological polar surface area (TPSA) is 46.5 Å². The lowest BCUT2D eigenvalue weighted by Crippen LogP contribution is -2.18. The summed E-state index contributed by atoms with van der Waals surface area (Å²) in [6, 6.07) is 10.0. The van der Waals surface area contributed by atoms with E-state index in [-0.39, 0.29) is 12.3 Å². The van der Waals surface area contributed by atoms with Crippen LogP contribution in [-0.2, 0) is 16.1 Å². The minimum Gasteiger partial charge on any atom is -0.481 e. The van der Waals surface area contributed by atoms with Crippen LogP contribution in [0.2, 0.25) is 0 Å². The van der Waals surface area contributed by atoms with Gasteiger partial charge in [0, 0.05) is 0 Å². The van der Waals surface area contributed by atoms with Crippen molar-refractivity contribution in [1.29, 1.82) is 0 Å². The van der Waals surface area contributed by atoms with Gasteiger partial charge in [0.25, 0.3) is 0 Å². The van der Waals surface area contributed by atoms with Crippen molar-refractivity contribution in [2.24, 2.45) is 11.8 Å². The van der Waals surface area contributed by atoms with Crippen LogP contribution in [0.25, 0.3) is 0 Å². The maximum absolute atomic E-state index is 10.7. The quantitative estimate of drug-likeness (QED) is 0.785. The van der Waals surface area contributed by atoms with E-state index in [1.54, 1.807) is 0 Å². The minimum absolute atomic E-state index is 0.123. The average molecular weight is 246 g/mol. The Kier molecular flexibility index (Phi) is 4.53. The number of allylic oxidation sites excluding steroid dienone is 2. The van der Waals surface area contributed by atoms with Crippen molar-refractivity contribution in [3.05, 3.63) is 48.0 Å². The fourth-order valence-corrected chi connectivity index (χ4v) is 2.29. The molecule has 2 atom stereocenters. The van der Waals surface area contributed by atoms with Crippen LogP contribution in [0.1, 0.15) is 18.4 Å². The molecule has 0 aliphatic heterocycles. The number of benzene rings is 1. The Labute approximate surface area is 107 Å². The molecule has 0 saturated carbocycles. The van der Waals surface area contributed by atoms with Gasteiger partial charge in [0.15, 0.2) is 0 Å². The molecule has 2 rings (SSSR count). The molecule has 0 aromatic heterocycles. The molecule has 0 saturated heterocycles. The lowest BCUT2D eigenvalue weighted by Gasteiger charge is -2.17. The molecular formula is C15H18O3. The van der Waals surface area contributed by atoms with E-state index in [0.717, 1.165) is 12.0 Å². The van der Waals surface area contributed by atoms with Gasteiger partial charge >= 0.3 is 5.97 Å². The van der Waals surface area contributed by atoms with Gasteiger partial charge in [-0.05, 0) is 23.8 Å². The van der Waals surface area contributed by atoms with Crippen molar-refractivity contribution in [2.45, 2.75) is 19.4 Å². The smallest absolute Gasteiger partial charge is 0.303 e. The number of carbonyl (C=O) groups is 1. The average Bonchev–Trinajstić information content (AvgIpc) is 2.77. The van der Waals surface area contributed by atoms with Gasteiger partial charge in [-0.15, -0.1) is 0 Å². The Morgan fingerprint density at radius 2 is 2.11 bits per heavy atom. The van der Waals surface area contributed by atoms with Crippen molar-refractivity contribution in [2.75, 3.05) is 6.61 Å². The van der Waals surface area contributed by atoms with Gasteiger partial charge in [-0.3, -0.25) is 4.79 Å². The van der Waals surface area contributed by atoms with Gasteiger partial charge in [-0.2, -0.15) is 0 Å². The molecule has 0 bridgehead atoms. The number of carboxylic acid groups (broad SMARTS) is 1. The van der Waals surface area contributed by atoms with Crippen LogP contribution in [0.15, 0.2) is 42.5 Å². The van der Waals surface area contributed by atoms with Gasteiger partial charge in [0.2, 0.25) is 0 Å². The molecule has 1 aromatic carbocycles. The molecule has 3 heteroatoms. The molecule has 0 fully saturated rings. The Morgan fingerprint density at radius 3 is 2.83 bits per heavy atom. The van der Waals surface area contributed by atoms with Gasteiger partial charge in [-0.25, -0.2) is 0 Å². The van der Waals surface area contributed by atoms with Crippen molar-refractivity contribution >= 4 is 5.97 Å². The number of hydrogen-bond donors (Lipinski definition) is 1. The first kappa shape index (κ1) is 12.8. The molecule has 0 spiro atoms. The highest BCUT2D eigenvalue weighted by Gasteiger charge is 2.24. The van der Waals surface area contributed by atoms with E-state index in [9.17, 15) is 4.79 Å². The van der Waals surface area contributed by atoms with Crippen molar-refractivity contribution < 1.29 is 14.6 Å². The number of rotatable bonds is 6. The first-order valence-electron chi connectivity index (χ1n) is 6.26. The molecule has 0 amide bonds. The third-order valence-corrected chi connectivity index (χ3v) is 3.28. The van der Waals surface area contributed by atoms with Crippen LogP contribution < -0.4 is 0 Å². The van der Waals surface area contributed by atoms with Crippen molar-refractivity contribution in [3.63, 3.8) is 0 Å². The lowest BCUT2D eigenvalue weighted by atomic mass is 9.93. The molecule has 1 aromatic rings. The molecule has 1 aliphatic rings. The fraction of sp³-hybridized carbons (Fsp3) is 0.400. The molecule has 1 N–H and O–H groups in total. The fourth-order valence-electron chi connectivity index (χ4n) is 2.29. The van der Waals surface area contributed by atoms with Gasteiger partial charge in [0.05, 0.1) is 19.6 Å². The number of ether oxygens (including phenoxy) is 1. The van der Waals surface area contributed by atoms with Crippen molar-refractivity contribution in [3.8, 4) is 0 Å². The molecule has 0 unspecified atom stereocenters. The van der Waals surface area contributed by atoms with E-state index in [2.05, 4.69) is 6.08 Å². The normalized spacial score (nSPS) is 22.2. The van der Waals surface area contributed by atoms with E-state index in [0.29, 0.717) is 19.1 Å². The first-order valence-corrected chi connectivity index (χ1v) is 6.26. The lowest BCUT2D eigenvalue weighted by molar-refractivity contribution is -0.138. The number of carboxylic acids is 1. The Bertz CT molecular complexity index is 411. The zero-order valence-electron chi connectivity index (χ0n) is 10.3. The van der Waals surface area contributed by atoms with Crippen LogP contribution in [0.3, 0.4) is 0 Å². The summed E-state index contributed by atoms with van der Waals surface area (Å²) in [6.45, 7) is 1.22. The molecular weight excluding hydrogens is 228 g/mol. The second-order valence-electron chi connectivity index (χ2n) is 4.69. The molecule has 3 nitrogen and oxygen atoms in total. The third-order valence-electron chi connectivity index (χ3n) is 3.28. The summed E-state index contributed by atoms with van der Waals surface area (Å²) in [5.74, 6) is -0.303. The largest absolute Gasteiger partial charge is 0.481 e. The SMILES string of the molecule is O=C(O)C[C@H]1C=CC[C@@H]1COCc1ccccc1. The number of aliphatic carboxylic acids is 1. The molecule has 96 valence electrons. The second-order valence-corrected chi connectivity index (χ2v) is 4.69. The standard InChI is InChI=1S/C15H18O3/c16-15(17)9-13-7-4-8-14(13)11-18-10-12-5-2-1-3-6-12/h1-7,13-14H,8-11H2,(H,16,17)/t13-,14-/m1/s1. The Balaban J connectivity index is 1.75. The highest BCUT2D eigenvalue weighted by molar-refractivity contribution is 5.67. The van der Waals surface area contributed by atoms with E-state index in [4.69, 9.17) is 9.84 Å². The van der Waals surface area contributed by atoms with Crippen molar-refractivity contribution in [1.82, 2.24) is 0 Å². The summed E-state index contributed by atoms with van der Waals surface area (Å²) >= 11 is 0. The van der Waals surface area contributed by atoms with Gasteiger partial charge < -0.3 is 9.84 Å². The summed E-state index contributed by atoms with van der Waals surface area (Å²) in [7, 11) is 0. The third kappa shape index (κ3) is 3.70. The highest BCUT2D eigenvalue weighted by atomic mass is 16.5. The summed E-state index contributed by atoms with van der Waals surface area (Å²) < 4.78 is 5.68. The van der Waals surface area contributed by atoms with Crippen LogP contribution in [-0.4, -0.2) is 17.7 Å². The second kappa shape index (κ2) is 6.36. The Hall–Kier alpha value is -1.61. The maximum Gasteiger partial charge on any atom is 0.303 e. The zero-order valence-corrected chi connectivity index (χ0v) is 10.3. The summed E-state index contributed by atoms with van der Waals surface area (Å²) in [5, 5.41) is 8.82. The van der Waals surface area contributed by atoms with E-state index in [1.165, 1.54) is 0 Å². The van der Waals surface area contributed by atoms with E-state index < -0.39 is 5.97 Å². The van der Waals surface area contributed by atoms with Crippen LogP contribution in [0.5, 0.6) is 0 Å². The molecule has 0 heterocycles. The summed E-state index contributed by atoms with van der Waals surface area (Å²) in [5.41, 5.74) is 1.15. The van der Waals surface area contributed by atoms with E-state index >= 15 is 0 Å². The van der Waals surface area contributed by atoms with Crippen LogP contribution in [0, 0.1) is 11.8 Å². The predicted molar refractivity (Wildman–Crippen MR) is 69.1 cm³/mol. The van der Waals surface area contributed by atoms with Crippen LogP contribution in [0.4, 0.5) is 0 Å². The van der Waals surface area contributed by atoms with Gasteiger partial charge in [-0.1, -0.05) is 42.5 Å².